The van der Waals surface area contributed by atoms with Crippen molar-refractivity contribution in [3.63, 3.8) is 0 Å². The summed E-state index contributed by atoms with van der Waals surface area (Å²) >= 11 is 6.11. The first-order valence-corrected chi connectivity index (χ1v) is 9.65. The average molecular weight is 412 g/mol. The highest BCUT2D eigenvalue weighted by molar-refractivity contribution is 7.93. The van der Waals surface area contributed by atoms with Gasteiger partial charge in [0.05, 0.1) is 17.3 Å². The van der Waals surface area contributed by atoms with Gasteiger partial charge >= 0.3 is 0 Å². The van der Waals surface area contributed by atoms with Crippen LogP contribution in [0.15, 0.2) is 60.0 Å². The fourth-order valence-electron chi connectivity index (χ4n) is 2.30. The molecule has 2 rings (SSSR count). The normalized spacial score (nSPS) is 11.3. The van der Waals surface area contributed by atoms with Crippen LogP contribution in [0.25, 0.3) is 0 Å². The molecule has 6 nitrogen and oxygen atoms in total. The fourth-order valence-corrected chi connectivity index (χ4v) is 4.23. The second-order valence-corrected chi connectivity index (χ2v) is 8.02. The molecule has 0 aliphatic heterocycles. The average Bonchev–Trinajstić information content (AvgIpc) is 2.60. The summed E-state index contributed by atoms with van der Waals surface area (Å²) in [5.74, 6) is -0.972. The van der Waals surface area contributed by atoms with Crippen LogP contribution < -0.4 is 9.73 Å². The Hall–Kier alpha value is -2.42. The Labute approximate surface area is 162 Å². The third-order valence-electron chi connectivity index (χ3n) is 3.50. The van der Waals surface area contributed by atoms with Gasteiger partial charge < -0.3 is 0 Å². The van der Waals surface area contributed by atoms with E-state index in [-0.39, 0.29) is 27.7 Å². The van der Waals surface area contributed by atoms with Gasteiger partial charge in [0.25, 0.3) is 15.9 Å². The third kappa shape index (κ3) is 4.85. The van der Waals surface area contributed by atoms with E-state index in [1.54, 1.807) is 14.1 Å². The van der Waals surface area contributed by atoms with Gasteiger partial charge in [-0.3, -0.25) is 14.5 Å². The lowest BCUT2D eigenvalue weighted by Crippen LogP contribution is -2.36. The van der Waals surface area contributed by atoms with Gasteiger partial charge in [0, 0.05) is 19.7 Å². The number of nitrogens with zero attached hydrogens (tertiary/aromatic N) is 2. The van der Waals surface area contributed by atoms with Gasteiger partial charge in [-0.25, -0.2) is 17.8 Å². The predicted octanol–water partition coefficient (Wildman–Crippen LogP) is 3.07. The van der Waals surface area contributed by atoms with Gasteiger partial charge in [-0.1, -0.05) is 17.7 Å². The lowest BCUT2D eigenvalue weighted by atomic mass is 10.2. The first-order valence-electron chi connectivity index (χ1n) is 7.84. The van der Waals surface area contributed by atoms with Crippen molar-refractivity contribution in [2.45, 2.75) is 4.90 Å². The molecule has 9 heteroatoms. The summed E-state index contributed by atoms with van der Waals surface area (Å²) in [7, 11) is -0.869. The molecular formula is C18H19ClFN3O3S. The van der Waals surface area contributed by atoms with E-state index in [9.17, 15) is 17.6 Å². The van der Waals surface area contributed by atoms with E-state index in [4.69, 9.17) is 11.6 Å². The number of benzene rings is 2. The van der Waals surface area contributed by atoms with Crippen LogP contribution in [0.2, 0.25) is 5.02 Å². The minimum absolute atomic E-state index is 0.0347. The number of hydrazine groups is 1. The summed E-state index contributed by atoms with van der Waals surface area (Å²) in [4.78, 5) is 12.0. The van der Waals surface area contributed by atoms with Gasteiger partial charge in [0.15, 0.2) is 0 Å². The number of hydrogen-bond acceptors (Lipinski definition) is 4. The smallest absolute Gasteiger partial charge is 0.266 e. The molecule has 0 aliphatic rings. The first-order chi connectivity index (χ1) is 12.7. The largest absolute Gasteiger partial charge is 0.285 e. The van der Waals surface area contributed by atoms with Crippen LogP contribution in [0.3, 0.4) is 0 Å². The van der Waals surface area contributed by atoms with Crippen molar-refractivity contribution >= 4 is 33.2 Å². The Bertz CT molecular complexity index is 947. The maximum Gasteiger partial charge on any atom is 0.266 e. The first kappa shape index (κ1) is 20.9. The number of carbonyl (C=O) groups is 1. The number of sulfonamides is 1. The second-order valence-electron chi connectivity index (χ2n) is 5.78. The Kier molecular flexibility index (Phi) is 6.59. The Morgan fingerprint density at radius 3 is 2.41 bits per heavy atom. The molecule has 0 saturated heterocycles. The quantitative estimate of drug-likeness (QED) is 0.561. The summed E-state index contributed by atoms with van der Waals surface area (Å²) in [5, 5.41) is 1.40. The highest BCUT2D eigenvalue weighted by Crippen LogP contribution is 2.29. The number of nitrogens with one attached hydrogen (secondary N) is 1. The van der Waals surface area contributed by atoms with Crippen LogP contribution in [-0.4, -0.2) is 40.0 Å². The van der Waals surface area contributed by atoms with Crippen LogP contribution in [0.4, 0.5) is 10.1 Å². The summed E-state index contributed by atoms with van der Waals surface area (Å²) < 4.78 is 40.6. The lowest BCUT2D eigenvalue weighted by Gasteiger charge is -2.24. The molecule has 0 aromatic heterocycles. The zero-order chi connectivity index (χ0) is 20.2. The van der Waals surface area contributed by atoms with Crippen molar-refractivity contribution in [3.8, 4) is 0 Å². The van der Waals surface area contributed by atoms with Crippen molar-refractivity contribution in [3.05, 3.63) is 71.5 Å². The van der Waals surface area contributed by atoms with E-state index >= 15 is 0 Å². The minimum atomic E-state index is -4.13. The zero-order valence-electron chi connectivity index (χ0n) is 14.8. The predicted molar refractivity (Wildman–Crippen MR) is 104 cm³/mol. The van der Waals surface area contributed by atoms with Gasteiger partial charge in [0.2, 0.25) is 0 Å². The number of halogens is 2. The van der Waals surface area contributed by atoms with Gasteiger partial charge in [-0.2, -0.15) is 0 Å². The minimum Gasteiger partial charge on any atom is -0.285 e. The summed E-state index contributed by atoms with van der Waals surface area (Å²) in [6, 6.07) is 8.97. The molecule has 2 aromatic rings. The topological polar surface area (TPSA) is 69.7 Å². The van der Waals surface area contributed by atoms with Gasteiger partial charge in [-0.15, -0.1) is 6.58 Å². The van der Waals surface area contributed by atoms with Crippen LogP contribution >= 0.6 is 11.6 Å². The van der Waals surface area contributed by atoms with Crippen molar-refractivity contribution in [1.29, 1.82) is 0 Å². The van der Waals surface area contributed by atoms with E-state index in [1.807, 2.05) is 0 Å². The molecular weight excluding hydrogens is 393 g/mol. The van der Waals surface area contributed by atoms with Gasteiger partial charge in [-0.05, 0) is 42.5 Å². The summed E-state index contributed by atoms with van der Waals surface area (Å²) in [5.41, 5.74) is 2.91. The SMILES string of the molecule is C=CCN(c1ccc(F)cc1)S(=O)(=O)c1cc(C(=O)NN(C)C)ccc1Cl. The number of carbonyl (C=O) groups excluding carboxylic acids is 1. The highest BCUT2D eigenvalue weighted by Gasteiger charge is 2.27. The molecule has 0 heterocycles. The maximum absolute atomic E-state index is 13.2. The molecule has 144 valence electrons. The number of amides is 1. The summed E-state index contributed by atoms with van der Waals surface area (Å²) in [6.07, 6.45) is 1.40. The summed E-state index contributed by atoms with van der Waals surface area (Å²) in [6.45, 7) is 3.51. The molecule has 0 atom stereocenters. The lowest BCUT2D eigenvalue weighted by molar-refractivity contribution is 0.0856. The van der Waals surface area contributed by atoms with E-state index < -0.39 is 21.7 Å². The zero-order valence-corrected chi connectivity index (χ0v) is 16.4. The van der Waals surface area contributed by atoms with E-state index in [0.29, 0.717) is 0 Å². The molecule has 0 spiro atoms. The number of rotatable bonds is 7. The van der Waals surface area contributed by atoms with Crippen molar-refractivity contribution < 1.29 is 17.6 Å². The van der Waals surface area contributed by atoms with E-state index in [0.717, 1.165) is 16.4 Å². The van der Waals surface area contributed by atoms with Crippen LogP contribution in [0.1, 0.15) is 10.4 Å². The van der Waals surface area contributed by atoms with Crippen LogP contribution in [0, 0.1) is 5.82 Å². The van der Waals surface area contributed by atoms with Crippen molar-refractivity contribution in [2.75, 3.05) is 24.9 Å². The number of hydrogen-bond donors (Lipinski definition) is 1. The highest BCUT2D eigenvalue weighted by atomic mass is 35.5. The molecule has 0 saturated carbocycles. The fraction of sp³-hybridized carbons (Fsp3) is 0.167. The molecule has 0 bridgehead atoms. The van der Waals surface area contributed by atoms with Crippen molar-refractivity contribution in [2.24, 2.45) is 0 Å². The maximum atomic E-state index is 13.2. The van der Waals surface area contributed by atoms with Crippen molar-refractivity contribution in [1.82, 2.24) is 10.4 Å². The Balaban J connectivity index is 2.53. The Morgan fingerprint density at radius 1 is 1.22 bits per heavy atom. The van der Waals surface area contributed by atoms with E-state index in [1.165, 1.54) is 41.4 Å². The molecule has 0 aliphatic carbocycles. The molecule has 0 fully saturated rings. The van der Waals surface area contributed by atoms with Crippen LogP contribution in [-0.2, 0) is 10.0 Å². The molecule has 0 unspecified atom stereocenters. The molecule has 2 aromatic carbocycles. The van der Waals surface area contributed by atoms with E-state index in [2.05, 4.69) is 12.0 Å². The number of anilines is 1. The Morgan fingerprint density at radius 2 is 1.85 bits per heavy atom. The molecule has 27 heavy (non-hydrogen) atoms. The molecule has 1 amide bonds. The van der Waals surface area contributed by atoms with Crippen LogP contribution in [0.5, 0.6) is 0 Å². The molecule has 1 N–H and O–H groups in total. The molecule has 0 radical (unpaired) electrons. The standard InChI is InChI=1S/C18H19ClFN3O3S/c1-4-11-23(15-8-6-14(20)7-9-15)27(25,26)17-12-13(5-10-16(17)19)18(24)21-22(2)3/h4-10,12H,1,11H2,2-3H3,(H,21,24). The second kappa shape index (κ2) is 8.51. The van der Waals surface area contributed by atoms with Gasteiger partial charge in [0.1, 0.15) is 10.7 Å². The monoisotopic (exact) mass is 411 g/mol. The third-order valence-corrected chi connectivity index (χ3v) is 5.77.